The third-order valence-corrected chi connectivity index (χ3v) is 2.50. The number of halogens is 6. The fourth-order valence-corrected chi connectivity index (χ4v) is 1.50. The quantitative estimate of drug-likeness (QED) is 0.654. The molecule has 0 aliphatic heterocycles. The summed E-state index contributed by atoms with van der Waals surface area (Å²) in [6.45, 7) is 0. The van der Waals surface area contributed by atoms with Crippen molar-refractivity contribution in [1.29, 1.82) is 0 Å². The molecule has 7 heteroatoms. The van der Waals surface area contributed by atoms with Crippen molar-refractivity contribution in [2.45, 2.75) is 18.6 Å². The highest BCUT2D eigenvalue weighted by molar-refractivity contribution is 9.10. The van der Waals surface area contributed by atoms with Crippen LogP contribution in [0.15, 0.2) is 16.6 Å². The molecule has 2 N–H and O–H groups in total. The van der Waals surface area contributed by atoms with Crippen LogP contribution in [-0.4, -0.2) is 6.18 Å². The van der Waals surface area contributed by atoms with E-state index in [9.17, 15) is 22.0 Å². The molecule has 0 amide bonds. The minimum absolute atomic E-state index is 0.159. The third kappa shape index (κ3) is 3.41. The fraction of sp³-hybridized carbons (Fsp3) is 0.333. The molecule has 1 aromatic rings. The molecule has 90 valence electrons. The third-order valence-electron chi connectivity index (χ3n) is 1.89. The largest absolute Gasteiger partial charge is 0.390 e. The molecule has 1 rings (SSSR count). The highest BCUT2D eigenvalue weighted by Gasteiger charge is 2.32. The van der Waals surface area contributed by atoms with Gasteiger partial charge in [-0.05, 0) is 28.1 Å². The van der Waals surface area contributed by atoms with Gasteiger partial charge in [-0.15, -0.1) is 0 Å². The van der Waals surface area contributed by atoms with Gasteiger partial charge in [-0.25, -0.2) is 8.78 Å². The molecule has 0 saturated carbocycles. The fourth-order valence-electron chi connectivity index (χ4n) is 1.18. The van der Waals surface area contributed by atoms with E-state index in [1.54, 1.807) is 0 Å². The molecular weight excluding hydrogens is 297 g/mol. The van der Waals surface area contributed by atoms with Gasteiger partial charge in [0.1, 0.15) is 11.6 Å². The van der Waals surface area contributed by atoms with Gasteiger partial charge < -0.3 is 5.73 Å². The Morgan fingerprint density at radius 2 is 1.75 bits per heavy atom. The molecule has 1 unspecified atom stereocenters. The Labute approximate surface area is 96.6 Å². The van der Waals surface area contributed by atoms with Crippen molar-refractivity contribution >= 4 is 15.9 Å². The number of hydrogen-bond donors (Lipinski definition) is 1. The maximum atomic E-state index is 13.2. The molecule has 1 atom stereocenters. The second-order valence-electron chi connectivity index (χ2n) is 3.21. The molecule has 0 spiro atoms. The van der Waals surface area contributed by atoms with Crippen LogP contribution in [0.5, 0.6) is 0 Å². The van der Waals surface area contributed by atoms with Crippen LogP contribution in [0.25, 0.3) is 0 Å². The standard InChI is InChI=1S/C9H7BrF5N/c10-5-2-6(11)4(1-7(5)12)8(16)3-9(13,14)15/h1-2,8H,3,16H2. The maximum Gasteiger partial charge on any atom is 0.390 e. The van der Waals surface area contributed by atoms with Gasteiger partial charge in [-0.1, -0.05) is 0 Å². The van der Waals surface area contributed by atoms with Crippen LogP contribution in [0.4, 0.5) is 22.0 Å². The van der Waals surface area contributed by atoms with Gasteiger partial charge in [0.2, 0.25) is 0 Å². The van der Waals surface area contributed by atoms with Crippen molar-refractivity contribution in [3.05, 3.63) is 33.8 Å². The average Bonchev–Trinajstić information content (AvgIpc) is 2.08. The zero-order valence-electron chi connectivity index (χ0n) is 7.78. The van der Waals surface area contributed by atoms with E-state index in [0.29, 0.717) is 6.07 Å². The SMILES string of the molecule is NC(CC(F)(F)F)c1cc(F)c(Br)cc1F. The van der Waals surface area contributed by atoms with E-state index in [0.717, 1.165) is 6.07 Å². The van der Waals surface area contributed by atoms with Crippen molar-refractivity contribution in [3.8, 4) is 0 Å². The minimum Gasteiger partial charge on any atom is -0.324 e. The molecule has 1 aromatic carbocycles. The summed E-state index contributed by atoms with van der Waals surface area (Å²) in [6, 6.07) is -0.195. The van der Waals surface area contributed by atoms with Crippen LogP contribution >= 0.6 is 15.9 Å². The lowest BCUT2D eigenvalue weighted by Crippen LogP contribution is -2.21. The highest BCUT2D eigenvalue weighted by Crippen LogP contribution is 2.30. The molecule has 0 saturated heterocycles. The Morgan fingerprint density at radius 3 is 2.25 bits per heavy atom. The summed E-state index contributed by atoms with van der Waals surface area (Å²) in [5.74, 6) is -1.82. The van der Waals surface area contributed by atoms with Gasteiger partial charge in [-0.3, -0.25) is 0 Å². The highest BCUT2D eigenvalue weighted by atomic mass is 79.9. The molecule has 0 aromatic heterocycles. The van der Waals surface area contributed by atoms with Crippen LogP contribution in [0.2, 0.25) is 0 Å². The van der Waals surface area contributed by atoms with Gasteiger partial charge in [0.15, 0.2) is 0 Å². The zero-order chi connectivity index (χ0) is 12.5. The van der Waals surface area contributed by atoms with Crippen LogP contribution in [0.1, 0.15) is 18.0 Å². The maximum absolute atomic E-state index is 13.2. The Bertz CT molecular complexity index is 390. The average molecular weight is 304 g/mol. The second-order valence-corrected chi connectivity index (χ2v) is 4.07. The molecule has 0 fully saturated rings. The normalized spacial score (nSPS) is 13.9. The summed E-state index contributed by atoms with van der Waals surface area (Å²) in [5.41, 5.74) is 4.67. The smallest absolute Gasteiger partial charge is 0.324 e. The molecule has 0 aliphatic carbocycles. The minimum atomic E-state index is -4.52. The summed E-state index contributed by atoms with van der Waals surface area (Å²) in [4.78, 5) is 0. The van der Waals surface area contributed by atoms with E-state index in [4.69, 9.17) is 5.73 Å². The van der Waals surface area contributed by atoms with Crippen molar-refractivity contribution in [2.75, 3.05) is 0 Å². The van der Waals surface area contributed by atoms with Crippen molar-refractivity contribution in [2.24, 2.45) is 5.73 Å². The summed E-state index contributed by atoms with van der Waals surface area (Å²) in [6.07, 6.45) is -5.92. The van der Waals surface area contributed by atoms with Crippen molar-refractivity contribution in [1.82, 2.24) is 0 Å². The van der Waals surface area contributed by atoms with Crippen LogP contribution in [0, 0.1) is 11.6 Å². The van der Waals surface area contributed by atoms with Crippen LogP contribution in [0.3, 0.4) is 0 Å². The Kier molecular flexibility index (Phi) is 3.90. The van der Waals surface area contributed by atoms with E-state index in [2.05, 4.69) is 15.9 Å². The first-order valence-corrected chi connectivity index (χ1v) is 4.97. The lowest BCUT2D eigenvalue weighted by molar-refractivity contribution is -0.138. The van der Waals surface area contributed by atoms with Crippen LogP contribution in [-0.2, 0) is 0 Å². The Morgan fingerprint density at radius 1 is 1.19 bits per heavy atom. The van der Waals surface area contributed by atoms with E-state index in [-0.39, 0.29) is 4.47 Å². The first kappa shape index (κ1) is 13.4. The molecule has 0 radical (unpaired) electrons. The van der Waals surface area contributed by atoms with Gasteiger partial charge in [-0.2, -0.15) is 13.2 Å². The van der Waals surface area contributed by atoms with Gasteiger partial charge in [0.25, 0.3) is 0 Å². The number of rotatable bonds is 2. The number of hydrogen-bond acceptors (Lipinski definition) is 1. The summed E-state index contributed by atoms with van der Waals surface area (Å²) in [5, 5.41) is 0. The van der Waals surface area contributed by atoms with Crippen molar-refractivity contribution in [3.63, 3.8) is 0 Å². The summed E-state index contributed by atoms with van der Waals surface area (Å²) >= 11 is 2.71. The van der Waals surface area contributed by atoms with E-state index >= 15 is 0 Å². The number of benzene rings is 1. The topological polar surface area (TPSA) is 26.0 Å². The van der Waals surface area contributed by atoms with Crippen LogP contribution < -0.4 is 5.73 Å². The van der Waals surface area contributed by atoms with Gasteiger partial charge in [0, 0.05) is 11.6 Å². The van der Waals surface area contributed by atoms with Gasteiger partial charge in [0.05, 0.1) is 10.9 Å². The first-order valence-electron chi connectivity index (χ1n) is 4.17. The molecule has 0 heterocycles. The lowest BCUT2D eigenvalue weighted by atomic mass is 10.0. The van der Waals surface area contributed by atoms with E-state index in [1.165, 1.54) is 0 Å². The Balaban J connectivity index is 3.00. The second kappa shape index (κ2) is 4.67. The molecule has 1 nitrogen and oxygen atoms in total. The van der Waals surface area contributed by atoms with Crippen molar-refractivity contribution < 1.29 is 22.0 Å². The van der Waals surface area contributed by atoms with E-state index < -0.39 is 35.8 Å². The summed E-state index contributed by atoms with van der Waals surface area (Å²) < 4.78 is 62.0. The molecule has 0 bridgehead atoms. The predicted octanol–water partition coefficient (Wildman–Crippen LogP) is 3.68. The van der Waals surface area contributed by atoms with E-state index in [1.807, 2.05) is 0 Å². The molecule has 16 heavy (non-hydrogen) atoms. The Hall–Kier alpha value is -0.690. The monoisotopic (exact) mass is 303 g/mol. The number of nitrogens with two attached hydrogens (primary N) is 1. The predicted molar refractivity (Wildman–Crippen MR) is 51.7 cm³/mol. The number of alkyl halides is 3. The zero-order valence-corrected chi connectivity index (χ0v) is 9.37. The molecular formula is C9H7BrF5N. The first-order chi connectivity index (χ1) is 7.20. The van der Waals surface area contributed by atoms with Gasteiger partial charge >= 0.3 is 6.18 Å². The lowest BCUT2D eigenvalue weighted by Gasteiger charge is -2.15. The summed E-state index contributed by atoms with van der Waals surface area (Å²) in [7, 11) is 0. The molecule has 0 aliphatic rings.